The Bertz CT molecular complexity index is 1310. The molecule has 1 aliphatic heterocycles. The second-order valence-corrected chi connectivity index (χ2v) is 7.63. The number of hydrogen-bond acceptors (Lipinski definition) is 4. The van der Waals surface area contributed by atoms with Crippen molar-refractivity contribution in [3.8, 4) is 5.75 Å². The quantitative estimate of drug-likeness (QED) is 0.288. The highest BCUT2D eigenvalue weighted by Gasteiger charge is 2.24. The van der Waals surface area contributed by atoms with E-state index in [4.69, 9.17) is 32.4 Å². The van der Waals surface area contributed by atoms with Crippen LogP contribution in [0.5, 0.6) is 5.75 Å². The first kappa shape index (κ1) is 17.4. The molecule has 0 unspecified atom stereocenters. The molecule has 3 aromatic carbocycles. The second kappa shape index (κ2) is 6.43. The molecule has 0 radical (unpaired) electrons. The third-order valence-electron chi connectivity index (χ3n) is 5.17. The van der Waals surface area contributed by atoms with Crippen molar-refractivity contribution in [2.24, 2.45) is 0 Å². The highest BCUT2D eigenvalue weighted by atomic mass is 35.5. The van der Waals surface area contributed by atoms with Crippen molar-refractivity contribution in [3.63, 3.8) is 0 Å². The van der Waals surface area contributed by atoms with Crippen LogP contribution in [-0.4, -0.2) is 6.73 Å². The van der Waals surface area contributed by atoms with Crippen LogP contribution in [0.15, 0.2) is 57.7 Å². The summed E-state index contributed by atoms with van der Waals surface area (Å²) in [7, 11) is 0. The molecule has 0 spiro atoms. The Labute approximate surface area is 170 Å². The van der Waals surface area contributed by atoms with Crippen LogP contribution in [-0.2, 0) is 6.54 Å². The number of aryl methyl sites for hydroxylation is 1. The molecule has 0 fully saturated rings. The molecule has 140 valence electrons. The molecule has 1 aliphatic rings. The van der Waals surface area contributed by atoms with Crippen molar-refractivity contribution < 1.29 is 9.15 Å². The summed E-state index contributed by atoms with van der Waals surface area (Å²) in [6.45, 7) is 2.86. The minimum absolute atomic E-state index is 0.331. The third kappa shape index (κ3) is 2.56. The number of benzene rings is 3. The van der Waals surface area contributed by atoms with Gasteiger partial charge in [-0.25, -0.2) is 4.79 Å². The Morgan fingerprint density at radius 1 is 1.00 bits per heavy atom. The second-order valence-electron chi connectivity index (χ2n) is 6.85. The van der Waals surface area contributed by atoms with E-state index in [0.717, 1.165) is 33.3 Å². The number of ether oxygens (including phenoxy) is 1. The van der Waals surface area contributed by atoms with Crippen molar-refractivity contribution in [3.05, 3.63) is 80.1 Å². The van der Waals surface area contributed by atoms with Gasteiger partial charge in [0.2, 0.25) is 0 Å². The fourth-order valence-electron chi connectivity index (χ4n) is 3.83. The van der Waals surface area contributed by atoms with Crippen LogP contribution in [0.2, 0.25) is 10.0 Å². The summed E-state index contributed by atoms with van der Waals surface area (Å²) in [5.41, 5.74) is 2.88. The fourth-order valence-corrected chi connectivity index (χ4v) is 4.25. The molecule has 4 nitrogen and oxygen atoms in total. The molecule has 0 atom stereocenters. The Balaban J connectivity index is 1.71. The van der Waals surface area contributed by atoms with Gasteiger partial charge in [0.1, 0.15) is 11.3 Å². The summed E-state index contributed by atoms with van der Waals surface area (Å²) in [4.78, 5) is 14.4. The van der Waals surface area contributed by atoms with E-state index in [0.29, 0.717) is 34.3 Å². The maximum absolute atomic E-state index is 12.4. The van der Waals surface area contributed by atoms with Gasteiger partial charge in [0.05, 0.1) is 21.1 Å². The molecule has 4 aromatic rings. The highest BCUT2D eigenvalue weighted by molar-refractivity contribution is 6.43. The van der Waals surface area contributed by atoms with Gasteiger partial charge in [-0.2, -0.15) is 0 Å². The van der Waals surface area contributed by atoms with Gasteiger partial charge in [0, 0.05) is 23.1 Å². The van der Waals surface area contributed by atoms with Crippen LogP contribution >= 0.6 is 23.2 Å². The summed E-state index contributed by atoms with van der Waals surface area (Å²) in [6.07, 6.45) is 0. The molecule has 1 aromatic heterocycles. The molecular formula is C22H15Cl2NO3. The molecule has 0 saturated heterocycles. The number of halogens is 2. The van der Waals surface area contributed by atoms with Gasteiger partial charge >= 0.3 is 5.63 Å². The molecular weight excluding hydrogens is 397 g/mol. The Kier molecular flexibility index (Phi) is 4.00. The molecule has 0 amide bonds. The summed E-state index contributed by atoms with van der Waals surface area (Å²) in [6, 6.07) is 15.1. The van der Waals surface area contributed by atoms with E-state index < -0.39 is 0 Å². The summed E-state index contributed by atoms with van der Waals surface area (Å²) in [5, 5.41) is 3.35. The Morgan fingerprint density at radius 2 is 1.79 bits per heavy atom. The summed E-state index contributed by atoms with van der Waals surface area (Å²) in [5.74, 6) is 0.750. The minimum atomic E-state index is -0.339. The van der Waals surface area contributed by atoms with Gasteiger partial charge in [0.15, 0.2) is 6.73 Å². The molecule has 0 N–H and O–H groups in total. The summed E-state index contributed by atoms with van der Waals surface area (Å²) >= 11 is 12.6. The maximum Gasteiger partial charge on any atom is 0.344 e. The summed E-state index contributed by atoms with van der Waals surface area (Å²) < 4.78 is 11.7. The van der Waals surface area contributed by atoms with Crippen molar-refractivity contribution in [2.45, 2.75) is 13.5 Å². The zero-order chi connectivity index (χ0) is 19.4. The van der Waals surface area contributed by atoms with Gasteiger partial charge in [0.25, 0.3) is 0 Å². The first-order chi connectivity index (χ1) is 13.5. The van der Waals surface area contributed by atoms with Crippen LogP contribution in [0.25, 0.3) is 21.7 Å². The average Bonchev–Trinajstić information content (AvgIpc) is 2.71. The van der Waals surface area contributed by atoms with Crippen LogP contribution in [0.1, 0.15) is 11.1 Å². The lowest BCUT2D eigenvalue weighted by atomic mass is 10.00. The lowest BCUT2D eigenvalue weighted by molar-refractivity contribution is 0.287. The first-order valence-electron chi connectivity index (χ1n) is 8.84. The number of fused-ring (bicyclic) bond motifs is 4. The number of anilines is 1. The third-order valence-corrected chi connectivity index (χ3v) is 5.97. The van der Waals surface area contributed by atoms with Gasteiger partial charge < -0.3 is 14.1 Å². The van der Waals surface area contributed by atoms with E-state index in [-0.39, 0.29) is 5.63 Å². The van der Waals surface area contributed by atoms with Gasteiger partial charge in [-0.3, -0.25) is 0 Å². The van der Waals surface area contributed by atoms with Gasteiger partial charge in [-0.1, -0.05) is 47.5 Å². The van der Waals surface area contributed by atoms with E-state index in [2.05, 4.69) is 0 Å². The topological polar surface area (TPSA) is 42.7 Å². The van der Waals surface area contributed by atoms with Crippen LogP contribution in [0.3, 0.4) is 0 Å². The largest absolute Gasteiger partial charge is 0.472 e. The zero-order valence-corrected chi connectivity index (χ0v) is 16.5. The number of hydrogen-bond donors (Lipinski definition) is 0. The molecule has 0 saturated carbocycles. The van der Waals surface area contributed by atoms with E-state index in [1.165, 1.54) is 0 Å². The van der Waals surface area contributed by atoms with E-state index in [1.807, 2.05) is 48.2 Å². The number of rotatable bonds is 1. The SMILES string of the molecule is Cc1c2c(cc3c1oc(=O)c1ccccc13)CN(c1cccc(Cl)c1Cl)CO2. The van der Waals surface area contributed by atoms with Gasteiger partial charge in [-0.15, -0.1) is 0 Å². The normalized spacial score (nSPS) is 13.6. The first-order valence-corrected chi connectivity index (χ1v) is 9.60. The van der Waals surface area contributed by atoms with Gasteiger partial charge in [-0.05, 0) is 36.6 Å². The van der Waals surface area contributed by atoms with E-state index >= 15 is 0 Å². The Morgan fingerprint density at radius 3 is 2.61 bits per heavy atom. The van der Waals surface area contributed by atoms with Crippen molar-refractivity contribution in [1.29, 1.82) is 0 Å². The fraction of sp³-hybridized carbons (Fsp3) is 0.136. The average molecular weight is 412 g/mol. The molecule has 2 heterocycles. The molecule has 5 rings (SSSR count). The predicted octanol–water partition coefficient (Wildman–Crippen LogP) is 5.92. The minimum Gasteiger partial charge on any atom is -0.472 e. The lowest BCUT2D eigenvalue weighted by Gasteiger charge is -2.32. The maximum atomic E-state index is 12.4. The van der Waals surface area contributed by atoms with E-state index in [1.54, 1.807) is 12.1 Å². The van der Waals surface area contributed by atoms with Crippen molar-refractivity contribution >= 4 is 50.6 Å². The molecule has 0 bridgehead atoms. The monoisotopic (exact) mass is 411 g/mol. The van der Waals surface area contributed by atoms with Crippen molar-refractivity contribution in [1.82, 2.24) is 0 Å². The zero-order valence-electron chi connectivity index (χ0n) is 15.0. The lowest BCUT2D eigenvalue weighted by Crippen LogP contribution is -2.32. The van der Waals surface area contributed by atoms with Crippen LogP contribution in [0.4, 0.5) is 5.69 Å². The Hall–Kier alpha value is -2.69. The molecule has 0 aliphatic carbocycles. The number of nitrogens with zero attached hydrogens (tertiary/aromatic N) is 1. The smallest absolute Gasteiger partial charge is 0.344 e. The van der Waals surface area contributed by atoms with Crippen LogP contribution < -0.4 is 15.3 Å². The standard InChI is InChI=1S/C22H15Cl2NO3/c1-12-20-13(10-25(11-27-20)18-8-4-7-17(23)19(18)24)9-16-14-5-2-3-6-15(14)22(26)28-21(12)16/h2-9H,10-11H2,1H3. The highest BCUT2D eigenvalue weighted by Crippen LogP contribution is 2.40. The predicted molar refractivity (Wildman–Crippen MR) is 113 cm³/mol. The molecule has 28 heavy (non-hydrogen) atoms. The van der Waals surface area contributed by atoms with Crippen molar-refractivity contribution in [2.75, 3.05) is 11.6 Å². The molecule has 6 heteroatoms. The van der Waals surface area contributed by atoms with E-state index in [9.17, 15) is 4.79 Å². The van der Waals surface area contributed by atoms with Crippen LogP contribution in [0, 0.1) is 6.92 Å².